The first-order valence-corrected chi connectivity index (χ1v) is 13.2. The van der Waals surface area contributed by atoms with Crippen LogP contribution in [-0.4, -0.2) is 55.1 Å². The predicted molar refractivity (Wildman–Crippen MR) is 150 cm³/mol. The molecule has 3 aromatic heterocycles. The highest BCUT2D eigenvalue weighted by Gasteiger charge is 2.49. The van der Waals surface area contributed by atoms with E-state index in [1.54, 1.807) is 55.9 Å². The fourth-order valence-electron chi connectivity index (χ4n) is 5.59. The minimum absolute atomic E-state index is 0.435. The lowest BCUT2D eigenvalue weighted by molar-refractivity contribution is -0.617. The van der Waals surface area contributed by atoms with Crippen LogP contribution in [0.3, 0.4) is 0 Å². The zero-order chi connectivity index (χ0) is 28.6. The smallest absolute Gasteiger partial charge is 0.409 e. The van der Waals surface area contributed by atoms with Crippen LogP contribution in [0.2, 0.25) is 5.02 Å². The molecule has 0 saturated heterocycles. The highest BCUT2D eigenvalue weighted by Crippen LogP contribution is 2.45. The second kappa shape index (κ2) is 10.6. The number of tetrazole rings is 1. The lowest BCUT2D eigenvalue weighted by atomic mass is 9.80. The molecule has 0 fully saturated rings. The Labute approximate surface area is 239 Å². The van der Waals surface area contributed by atoms with Crippen LogP contribution >= 0.6 is 11.6 Å². The minimum Gasteiger partial charge on any atom is -0.618 e. The SMILES string of the molecule is COCCC1(c2nc(-c3ccc(NC(=O)O)cc3)c[nH]2)CCc2cc(-c3cc(Cl)ccc3-n3cnnn3)c[n+]([O-])c21. The number of carbonyl (C=O) groups is 1. The summed E-state index contributed by atoms with van der Waals surface area (Å²) >= 11 is 6.35. The number of hydrogen-bond acceptors (Lipinski definition) is 7. The summed E-state index contributed by atoms with van der Waals surface area (Å²) in [6.07, 6.45) is 5.61. The summed E-state index contributed by atoms with van der Waals surface area (Å²) in [5, 5.41) is 37.1. The van der Waals surface area contributed by atoms with E-state index in [0.29, 0.717) is 65.0 Å². The van der Waals surface area contributed by atoms with Gasteiger partial charge in [-0.1, -0.05) is 23.7 Å². The number of ether oxygens (including phenoxy) is 1. The number of rotatable bonds is 8. The Morgan fingerprint density at radius 2 is 2.07 bits per heavy atom. The van der Waals surface area contributed by atoms with Crippen LogP contribution in [0.4, 0.5) is 10.5 Å². The predicted octanol–water partition coefficient (Wildman–Crippen LogP) is 4.36. The fourth-order valence-corrected chi connectivity index (χ4v) is 5.76. The third-order valence-electron chi connectivity index (χ3n) is 7.45. The second-order valence-electron chi connectivity index (χ2n) is 9.81. The number of imidazole rings is 1. The van der Waals surface area contributed by atoms with Gasteiger partial charge in [0.2, 0.25) is 5.69 Å². The molecule has 1 amide bonds. The van der Waals surface area contributed by atoms with Gasteiger partial charge in [0, 0.05) is 52.9 Å². The van der Waals surface area contributed by atoms with Crippen LogP contribution in [0, 0.1) is 5.21 Å². The van der Waals surface area contributed by atoms with Crippen LogP contribution in [0.15, 0.2) is 67.3 Å². The van der Waals surface area contributed by atoms with Crippen molar-refractivity contribution in [2.45, 2.75) is 24.7 Å². The monoisotopic (exact) mass is 572 g/mol. The number of carboxylic acid groups (broad SMARTS) is 1. The molecule has 0 bridgehead atoms. The number of amides is 1. The van der Waals surface area contributed by atoms with Gasteiger partial charge in [0.05, 0.1) is 11.4 Å². The van der Waals surface area contributed by atoms with Crippen molar-refractivity contribution in [2.75, 3.05) is 19.0 Å². The normalized spacial score (nSPS) is 16.0. The molecule has 0 radical (unpaired) electrons. The number of halogens is 1. The quantitative estimate of drug-likeness (QED) is 0.183. The molecular formula is C28H25ClN8O4. The highest BCUT2D eigenvalue weighted by molar-refractivity contribution is 6.31. The zero-order valence-corrected chi connectivity index (χ0v) is 22.7. The number of benzene rings is 2. The van der Waals surface area contributed by atoms with Gasteiger partial charge in [0.15, 0.2) is 6.20 Å². The zero-order valence-electron chi connectivity index (χ0n) is 21.9. The molecule has 5 aromatic rings. The van der Waals surface area contributed by atoms with E-state index in [4.69, 9.17) is 26.4 Å². The van der Waals surface area contributed by atoms with Crippen molar-refractivity contribution < 1.29 is 19.4 Å². The first-order valence-electron chi connectivity index (χ1n) is 12.8. The largest absolute Gasteiger partial charge is 0.618 e. The number of nitrogens with one attached hydrogen (secondary N) is 2. The molecule has 1 atom stereocenters. The number of methoxy groups -OCH3 is 1. The van der Waals surface area contributed by atoms with Gasteiger partial charge in [-0.2, -0.15) is 9.41 Å². The van der Waals surface area contributed by atoms with Crippen LogP contribution < -0.4 is 10.0 Å². The van der Waals surface area contributed by atoms with Crippen LogP contribution in [-0.2, 0) is 16.6 Å². The molecule has 41 heavy (non-hydrogen) atoms. The van der Waals surface area contributed by atoms with Gasteiger partial charge in [-0.15, -0.1) is 5.10 Å². The van der Waals surface area contributed by atoms with E-state index in [0.717, 1.165) is 21.4 Å². The third kappa shape index (κ3) is 4.87. The first kappa shape index (κ1) is 26.4. The summed E-state index contributed by atoms with van der Waals surface area (Å²) in [6.45, 7) is 0.435. The molecule has 13 heteroatoms. The van der Waals surface area contributed by atoms with Crippen molar-refractivity contribution in [3.8, 4) is 28.1 Å². The van der Waals surface area contributed by atoms with E-state index in [-0.39, 0.29) is 0 Å². The molecule has 6 rings (SSSR count). The molecule has 1 aliphatic carbocycles. The average Bonchev–Trinajstić information content (AvgIpc) is 3.73. The van der Waals surface area contributed by atoms with Crippen molar-refractivity contribution >= 4 is 23.4 Å². The van der Waals surface area contributed by atoms with Crippen LogP contribution in [0.25, 0.3) is 28.1 Å². The second-order valence-corrected chi connectivity index (χ2v) is 10.2. The number of aryl methyl sites for hydroxylation is 1. The molecule has 0 saturated carbocycles. The Morgan fingerprint density at radius 3 is 2.80 bits per heavy atom. The molecule has 208 valence electrons. The van der Waals surface area contributed by atoms with Gasteiger partial charge in [0.25, 0.3) is 0 Å². The van der Waals surface area contributed by atoms with Gasteiger partial charge in [-0.3, -0.25) is 5.32 Å². The molecule has 3 heterocycles. The van der Waals surface area contributed by atoms with E-state index in [1.165, 1.54) is 11.0 Å². The summed E-state index contributed by atoms with van der Waals surface area (Å²) < 4.78 is 7.93. The Bertz CT molecular complexity index is 1720. The van der Waals surface area contributed by atoms with Gasteiger partial charge in [-0.25, -0.2) is 9.78 Å². The summed E-state index contributed by atoms with van der Waals surface area (Å²) in [4.78, 5) is 19.2. The van der Waals surface area contributed by atoms with Crippen LogP contribution in [0.1, 0.15) is 29.9 Å². The van der Waals surface area contributed by atoms with E-state index in [9.17, 15) is 10.0 Å². The summed E-state index contributed by atoms with van der Waals surface area (Å²) in [5.74, 6) is 0.672. The maximum Gasteiger partial charge on any atom is 0.409 e. The fraction of sp³-hybridized carbons (Fsp3) is 0.214. The number of nitrogens with zero attached hydrogens (tertiary/aromatic N) is 6. The van der Waals surface area contributed by atoms with Crippen molar-refractivity contribution in [3.63, 3.8) is 0 Å². The van der Waals surface area contributed by atoms with Gasteiger partial charge >= 0.3 is 6.09 Å². The molecule has 12 nitrogen and oxygen atoms in total. The van der Waals surface area contributed by atoms with Gasteiger partial charge in [-0.05, 0) is 66.1 Å². The number of fused-ring (bicyclic) bond motifs is 1. The average molecular weight is 573 g/mol. The summed E-state index contributed by atoms with van der Waals surface area (Å²) in [7, 11) is 1.64. The standard InChI is InChI=1S/C28H25ClN8O4/c1-41-11-10-28(26-30-14-23(33-26)17-2-5-21(6-3-17)32-27(38)39)9-8-18-12-19(15-37(40)25(18)28)22-13-20(29)4-7-24(22)36-16-31-34-35-36/h2-7,12-16,32H,8-11H2,1H3,(H,30,33)(H,38,39). The van der Waals surface area contributed by atoms with Crippen molar-refractivity contribution in [3.05, 3.63) is 94.6 Å². The molecule has 0 spiro atoms. The van der Waals surface area contributed by atoms with Crippen LogP contribution in [0.5, 0.6) is 0 Å². The molecular weight excluding hydrogens is 548 g/mol. The Balaban J connectivity index is 1.41. The van der Waals surface area contributed by atoms with E-state index >= 15 is 0 Å². The Kier molecular flexibility index (Phi) is 6.85. The molecule has 1 unspecified atom stereocenters. The number of aromatic amines is 1. The molecule has 1 aliphatic rings. The van der Waals surface area contributed by atoms with E-state index in [1.807, 2.05) is 12.1 Å². The highest BCUT2D eigenvalue weighted by atomic mass is 35.5. The number of hydrogen-bond donors (Lipinski definition) is 3. The van der Waals surface area contributed by atoms with E-state index < -0.39 is 11.5 Å². The first-order chi connectivity index (χ1) is 19.9. The number of H-pyrrole nitrogens is 1. The summed E-state index contributed by atoms with van der Waals surface area (Å²) in [5.41, 5.74) is 4.94. The summed E-state index contributed by atoms with van der Waals surface area (Å²) in [6, 6.07) is 14.3. The van der Waals surface area contributed by atoms with Crippen molar-refractivity contribution in [2.24, 2.45) is 0 Å². The minimum atomic E-state index is -1.13. The number of aromatic nitrogens is 7. The van der Waals surface area contributed by atoms with Crippen molar-refractivity contribution in [1.29, 1.82) is 0 Å². The molecule has 0 aliphatic heterocycles. The number of pyridine rings is 1. The maximum absolute atomic E-state index is 13.8. The van der Waals surface area contributed by atoms with Crippen molar-refractivity contribution in [1.82, 2.24) is 30.2 Å². The lowest BCUT2D eigenvalue weighted by Crippen LogP contribution is -2.42. The van der Waals surface area contributed by atoms with Gasteiger partial charge < -0.3 is 20.0 Å². The third-order valence-corrected chi connectivity index (χ3v) is 7.68. The maximum atomic E-state index is 13.8. The lowest BCUT2D eigenvalue weighted by Gasteiger charge is -2.26. The topological polar surface area (TPSA) is 158 Å². The molecule has 3 N–H and O–H groups in total. The number of anilines is 1. The van der Waals surface area contributed by atoms with E-state index in [2.05, 4.69) is 25.8 Å². The Morgan fingerprint density at radius 1 is 1.24 bits per heavy atom. The molecule has 2 aromatic carbocycles. The Hall–Kier alpha value is -4.81. The van der Waals surface area contributed by atoms with Gasteiger partial charge in [0.1, 0.15) is 17.6 Å².